The second-order valence-electron chi connectivity index (χ2n) is 4.97. The Hall–Kier alpha value is -0.710. The van der Waals surface area contributed by atoms with Gasteiger partial charge < -0.3 is 5.73 Å². The summed E-state index contributed by atoms with van der Waals surface area (Å²) in [6.45, 7) is 5.11. The second-order valence-corrected chi connectivity index (χ2v) is 6.83. The normalized spacial score (nSPS) is 12.6. The van der Waals surface area contributed by atoms with E-state index in [1.165, 1.54) is 16.1 Å². The standard InChI is InChI=1S/C15H19BrN2S/c1-10(5-6-17)7-15-18-14(9-19-15)13-8-12(16)4-3-11(13)2/h3-4,8-10H,5-7,17H2,1-2H3. The molecule has 0 aliphatic heterocycles. The topological polar surface area (TPSA) is 38.9 Å². The zero-order chi connectivity index (χ0) is 13.8. The van der Waals surface area contributed by atoms with E-state index in [9.17, 15) is 0 Å². The van der Waals surface area contributed by atoms with Gasteiger partial charge in [-0.1, -0.05) is 28.9 Å². The molecule has 0 bridgehead atoms. The van der Waals surface area contributed by atoms with Gasteiger partial charge in [0.05, 0.1) is 10.7 Å². The summed E-state index contributed by atoms with van der Waals surface area (Å²) in [6.07, 6.45) is 2.08. The highest BCUT2D eigenvalue weighted by Crippen LogP contribution is 2.28. The summed E-state index contributed by atoms with van der Waals surface area (Å²) >= 11 is 5.27. The van der Waals surface area contributed by atoms with E-state index < -0.39 is 0 Å². The number of thiazole rings is 1. The summed E-state index contributed by atoms with van der Waals surface area (Å²) in [5, 5.41) is 3.36. The summed E-state index contributed by atoms with van der Waals surface area (Å²) < 4.78 is 1.10. The molecular weight excluding hydrogens is 320 g/mol. The number of hydrogen-bond donors (Lipinski definition) is 1. The Morgan fingerprint density at radius 1 is 1.42 bits per heavy atom. The van der Waals surface area contributed by atoms with Gasteiger partial charge in [0.15, 0.2) is 0 Å². The van der Waals surface area contributed by atoms with Crippen molar-refractivity contribution in [3.05, 3.63) is 38.6 Å². The van der Waals surface area contributed by atoms with Gasteiger partial charge >= 0.3 is 0 Å². The molecule has 4 heteroatoms. The largest absolute Gasteiger partial charge is 0.330 e. The minimum atomic E-state index is 0.604. The first kappa shape index (κ1) is 14.7. The van der Waals surface area contributed by atoms with Crippen LogP contribution < -0.4 is 5.73 Å². The third-order valence-corrected chi connectivity index (χ3v) is 4.57. The van der Waals surface area contributed by atoms with Crippen molar-refractivity contribution in [1.29, 1.82) is 0 Å². The highest BCUT2D eigenvalue weighted by molar-refractivity contribution is 9.10. The Kier molecular flexibility index (Phi) is 5.13. The minimum absolute atomic E-state index is 0.604. The van der Waals surface area contributed by atoms with E-state index in [1.54, 1.807) is 11.3 Å². The second kappa shape index (κ2) is 6.64. The Labute approximate surface area is 127 Å². The van der Waals surface area contributed by atoms with Crippen molar-refractivity contribution in [2.45, 2.75) is 26.7 Å². The number of aryl methyl sites for hydroxylation is 1. The predicted octanol–water partition coefficient (Wildman–Crippen LogP) is 4.41. The fraction of sp³-hybridized carbons (Fsp3) is 0.400. The lowest BCUT2D eigenvalue weighted by Gasteiger charge is -2.06. The minimum Gasteiger partial charge on any atom is -0.330 e. The van der Waals surface area contributed by atoms with Crippen molar-refractivity contribution >= 4 is 27.3 Å². The van der Waals surface area contributed by atoms with Crippen LogP contribution in [0.15, 0.2) is 28.1 Å². The van der Waals surface area contributed by atoms with Gasteiger partial charge in [-0.25, -0.2) is 4.98 Å². The Bertz CT molecular complexity index is 551. The first-order valence-electron chi connectivity index (χ1n) is 6.51. The molecule has 102 valence electrons. The highest BCUT2D eigenvalue weighted by Gasteiger charge is 2.10. The van der Waals surface area contributed by atoms with Crippen LogP contribution in [0.2, 0.25) is 0 Å². The highest BCUT2D eigenvalue weighted by atomic mass is 79.9. The molecule has 2 rings (SSSR count). The van der Waals surface area contributed by atoms with Gasteiger partial charge in [0, 0.05) is 21.8 Å². The van der Waals surface area contributed by atoms with E-state index in [4.69, 9.17) is 10.7 Å². The number of aromatic nitrogens is 1. The molecule has 1 heterocycles. The lowest BCUT2D eigenvalue weighted by molar-refractivity contribution is 0.537. The quantitative estimate of drug-likeness (QED) is 0.876. The summed E-state index contributed by atoms with van der Waals surface area (Å²) in [5.74, 6) is 0.604. The third-order valence-electron chi connectivity index (χ3n) is 3.21. The zero-order valence-electron chi connectivity index (χ0n) is 11.3. The van der Waals surface area contributed by atoms with E-state index in [-0.39, 0.29) is 0 Å². The molecular formula is C15H19BrN2S. The number of benzene rings is 1. The van der Waals surface area contributed by atoms with Crippen LogP contribution in [0.1, 0.15) is 23.9 Å². The van der Waals surface area contributed by atoms with Crippen LogP contribution in [-0.4, -0.2) is 11.5 Å². The summed E-state index contributed by atoms with van der Waals surface area (Å²) in [4.78, 5) is 4.76. The van der Waals surface area contributed by atoms with Crippen LogP contribution in [0.3, 0.4) is 0 Å². The first-order chi connectivity index (χ1) is 9.10. The number of halogens is 1. The van der Waals surface area contributed by atoms with Crippen LogP contribution in [0, 0.1) is 12.8 Å². The molecule has 2 N–H and O–H groups in total. The lowest BCUT2D eigenvalue weighted by atomic mass is 10.0. The molecule has 0 fully saturated rings. The van der Waals surface area contributed by atoms with E-state index in [0.717, 1.165) is 29.6 Å². The molecule has 2 aromatic rings. The van der Waals surface area contributed by atoms with Gasteiger partial charge in [-0.15, -0.1) is 11.3 Å². The molecule has 1 atom stereocenters. The van der Waals surface area contributed by atoms with Crippen molar-refractivity contribution in [3.63, 3.8) is 0 Å². The van der Waals surface area contributed by atoms with E-state index >= 15 is 0 Å². The monoisotopic (exact) mass is 338 g/mol. The average molecular weight is 339 g/mol. The maximum atomic E-state index is 5.59. The summed E-state index contributed by atoms with van der Waals surface area (Å²) in [7, 11) is 0. The van der Waals surface area contributed by atoms with Crippen molar-refractivity contribution in [2.24, 2.45) is 11.7 Å². The molecule has 2 nitrogen and oxygen atoms in total. The molecule has 0 spiro atoms. The van der Waals surface area contributed by atoms with Gasteiger partial charge in [-0.3, -0.25) is 0 Å². The predicted molar refractivity (Wildman–Crippen MR) is 86.5 cm³/mol. The third kappa shape index (κ3) is 3.88. The van der Waals surface area contributed by atoms with Gasteiger partial charge in [0.25, 0.3) is 0 Å². The first-order valence-corrected chi connectivity index (χ1v) is 8.18. The number of nitrogens with zero attached hydrogens (tertiary/aromatic N) is 1. The van der Waals surface area contributed by atoms with Gasteiger partial charge in [-0.2, -0.15) is 0 Å². The molecule has 0 amide bonds. The summed E-state index contributed by atoms with van der Waals surface area (Å²) in [5.41, 5.74) is 9.15. The van der Waals surface area contributed by atoms with Crippen molar-refractivity contribution in [1.82, 2.24) is 4.98 Å². The Balaban J connectivity index is 2.18. The molecule has 1 unspecified atom stereocenters. The fourth-order valence-corrected chi connectivity index (χ4v) is 3.40. The molecule has 0 aliphatic rings. The lowest BCUT2D eigenvalue weighted by Crippen LogP contribution is -2.07. The van der Waals surface area contributed by atoms with Crippen molar-refractivity contribution in [2.75, 3.05) is 6.54 Å². The maximum absolute atomic E-state index is 5.59. The molecule has 1 aromatic carbocycles. The smallest absolute Gasteiger partial charge is 0.0935 e. The van der Waals surface area contributed by atoms with Gasteiger partial charge in [0.1, 0.15) is 0 Å². The van der Waals surface area contributed by atoms with E-state index in [2.05, 4.69) is 53.4 Å². The Morgan fingerprint density at radius 2 is 2.21 bits per heavy atom. The molecule has 0 radical (unpaired) electrons. The van der Waals surface area contributed by atoms with Gasteiger partial charge in [-0.05, 0) is 43.5 Å². The number of rotatable bonds is 5. The van der Waals surface area contributed by atoms with Crippen LogP contribution in [-0.2, 0) is 6.42 Å². The fourth-order valence-electron chi connectivity index (χ4n) is 2.08. The molecule has 0 saturated carbocycles. The van der Waals surface area contributed by atoms with Crippen LogP contribution >= 0.6 is 27.3 Å². The van der Waals surface area contributed by atoms with Gasteiger partial charge in [0.2, 0.25) is 0 Å². The number of hydrogen-bond acceptors (Lipinski definition) is 3. The van der Waals surface area contributed by atoms with E-state index in [0.29, 0.717) is 5.92 Å². The molecule has 19 heavy (non-hydrogen) atoms. The van der Waals surface area contributed by atoms with E-state index in [1.807, 2.05) is 0 Å². The maximum Gasteiger partial charge on any atom is 0.0935 e. The molecule has 0 aliphatic carbocycles. The van der Waals surface area contributed by atoms with Crippen LogP contribution in [0.25, 0.3) is 11.3 Å². The van der Waals surface area contributed by atoms with Crippen LogP contribution in [0.5, 0.6) is 0 Å². The van der Waals surface area contributed by atoms with Crippen LogP contribution in [0.4, 0.5) is 0 Å². The summed E-state index contributed by atoms with van der Waals surface area (Å²) in [6, 6.07) is 6.32. The SMILES string of the molecule is Cc1ccc(Br)cc1-c1csc(CC(C)CCN)n1. The molecule has 1 aromatic heterocycles. The average Bonchev–Trinajstić information content (AvgIpc) is 2.81. The Morgan fingerprint density at radius 3 is 2.95 bits per heavy atom. The van der Waals surface area contributed by atoms with Crippen molar-refractivity contribution < 1.29 is 0 Å². The number of nitrogens with two attached hydrogens (primary N) is 1. The zero-order valence-corrected chi connectivity index (χ0v) is 13.7. The molecule has 0 saturated heterocycles. The van der Waals surface area contributed by atoms with Crippen molar-refractivity contribution in [3.8, 4) is 11.3 Å².